The molecule has 82 valence electrons. The molecule has 1 aromatic carbocycles. The average molecular weight is 226 g/mol. The van der Waals surface area contributed by atoms with Crippen molar-refractivity contribution in [1.29, 1.82) is 5.41 Å². The third kappa shape index (κ3) is 3.55. The number of thioether (sulfide) groups is 1. The van der Waals surface area contributed by atoms with Gasteiger partial charge in [0, 0.05) is 11.3 Å². The normalized spacial score (nSPS) is 10.7. The number of hydrogen-bond donors (Lipinski definition) is 2. The molecule has 0 unspecified atom stereocenters. The highest BCUT2D eigenvalue weighted by atomic mass is 32.2. The summed E-state index contributed by atoms with van der Waals surface area (Å²) in [5.41, 5.74) is 6.37. The molecule has 1 aromatic rings. The fourth-order valence-corrected chi connectivity index (χ4v) is 1.84. The Morgan fingerprint density at radius 1 is 1.53 bits per heavy atom. The predicted octanol–water partition coefficient (Wildman–Crippen LogP) is 2.75. The average Bonchev–Trinajstić information content (AvgIpc) is 2.15. The number of halogens is 1. The van der Waals surface area contributed by atoms with Crippen molar-refractivity contribution in [3.8, 4) is 0 Å². The van der Waals surface area contributed by atoms with Crippen LogP contribution in [0.5, 0.6) is 0 Å². The molecule has 0 aliphatic carbocycles. The predicted molar refractivity (Wildman–Crippen MR) is 63.8 cm³/mol. The first-order valence-corrected chi connectivity index (χ1v) is 5.80. The van der Waals surface area contributed by atoms with Gasteiger partial charge in [-0.1, -0.05) is 26.0 Å². The first-order chi connectivity index (χ1) is 7.00. The molecule has 4 heteroatoms. The standard InChI is InChI=1S/C11H15FN2S/c1-7(2)15-6-9-4-3-8(11(13)14)5-10(9)12/h3-5,7H,6H2,1-2H3,(H3,13,14). The van der Waals surface area contributed by atoms with Gasteiger partial charge in [0.05, 0.1) is 0 Å². The molecule has 0 saturated carbocycles. The van der Waals surface area contributed by atoms with Crippen LogP contribution < -0.4 is 5.73 Å². The van der Waals surface area contributed by atoms with Crippen LogP contribution in [0.25, 0.3) is 0 Å². The highest BCUT2D eigenvalue weighted by Gasteiger charge is 2.06. The lowest BCUT2D eigenvalue weighted by Gasteiger charge is -2.07. The third-order valence-electron chi connectivity index (χ3n) is 1.94. The highest BCUT2D eigenvalue weighted by molar-refractivity contribution is 7.99. The van der Waals surface area contributed by atoms with Crippen LogP contribution in [-0.2, 0) is 5.75 Å². The number of hydrogen-bond acceptors (Lipinski definition) is 2. The van der Waals surface area contributed by atoms with Crippen molar-refractivity contribution in [3.05, 3.63) is 35.1 Å². The molecular weight excluding hydrogens is 211 g/mol. The summed E-state index contributed by atoms with van der Waals surface area (Å²) in [7, 11) is 0. The molecule has 2 nitrogen and oxygen atoms in total. The van der Waals surface area contributed by atoms with Crippen LogP contribution in [0.15, 0.2) is 18.2 Å². The fourth-order valence-electron chi connectivity index (χ4n) is 1.09. The van der Waals surface area contributed by atoms with Gasteiger partial charge in [-0.05, 0) is 16.9 Å². The van der Waals surface area contributed by atoms with Gasteiger partial charge in [-0.25, -0.2) is 4.39 Å². The summed E-state index contributed by atoms with van der Waals surface area (Å²) in [5, 5.41) is 7.66. The van der Waals surface area contributed by atoms with Crippen LogP contribution >= 0.6 is 11.8 Å². The zero-order chi connectivity index (χ0) is 11.4. The van der Waals surface area contributed by atoms with E-state index in [4.69, 9.17) is 11.1 Å². The van der Waals surface area contributed by atoms with Crippen molar-refractivity contribution < 1.29 is 4.39 Å². The van der Waals surface area contributed by atoms with Gasteiger partial charge in [0.2, 0.25) is 0 Å². The molecular formula is C11H15FN2S. The number of nitrogen functional groups attached to an aromatic ring is 1. The van der Waals surface area contributed by atoms with Gasteiger partial charge >= 0.3 is 0 Å². The second-order valence-corrected chi connectivity index (χ2v) is 5.14. The highest BCUT2D eigenvalue weighted by Crippen LogP contribution is 2.20. The summed E-state index contributed by atoms with van der Waals surface area (Å²) in [4.78, 5) is 0. The summed E-state index contributed by atoms with van der Waals surface area (Å²) >= 11 is 1.69. The lowest BCUT2D eigenvalue weighted by molar-refractivity contribution is 0.617. The number of amidine groups is 1. The zero-order valence-electron chi connectivity index (χ0n) is 8.88. The molecule has 0 aromatic heterocycles. The van der Waals surface area contributed by atoms with Crippen LogP contribution in [0.4, 0.5) is 4.39 Å². The van der Waals surface area contributed by atoms with Crippen molar-refractivity contribution in [2.45, 2.75) is 24.9 Å². The van der Waals surface area contributed by atoms with Gasteiger partial charge in [0.25, 0.3) is 0 Å². The monoisotopic (exact) mass is 226 g/mol. The second kappa shape index (κ2) is 5.16. The Bertz CT molecular complexity index is 364. The molecule has 0 aliphatic heterocycles. The molecule has 3 N–H and O–H groups in total. The maximum atomic E-state index is 13.5. The maximum Gasteiger partial charge on any atom is 0.127 e. The van der Waals surface area contributed by atoms with Gasteiger partial charge in [-0.15, -0.1) is 0 Å². The second-order valence-electron chi connectivity index (χ2n) is 3.58. The van der Waals surface area contributed by atoms with E-state index in [2.05, 4.69) is 13.8 Å². The summed E-state index contributed by atoms with van der Waals surface area (Å²) in [6.45, 7) is 4.15. The summed E-state index contributed by atoms with van der Waals surface area (Å²) in [6, 6.07) is 4.70. The Hall–Kier alpha value is -1.03. The van der Waals surface area contributed by atoms with Crippen LogP contribution in [0.2, 0.25) is 0 Å². The minimum atomic E-state index is -0.282. The molecule has 0 atom stereocenters. The van der Waals surface area contributed by atoms with Gasteiger partial charge in [-0.3, -0.25) is 5.41 Å². The van der Waals surface area contributed by atoms with Gasteiger partial charge in [0.15, 0.2) is 0 Å². The van der Waals surface area contributed by atoms with Crippen molar-refractivity contribution in [3.63, 3.8) is 0 Å². The Morgan fingerprint density at radius 2 is 2.20 bits per heavy atom. The number of rotatable bonds is 4. The molecule has 0 aliphatic rings. The summed E-state index contributed by atoms with van der Waals surface area (Å²) < 4.78 is 13.5. The van der Waals surface area contributed by atoms with E-state index in [9.17, 15) is 4.39 Å². The van der Waals surface area contributed by atoms with Crippen LogP contribution in [0.1, 0.15) is 25.0 Å². The molecule has 0 saturated heterocycles. The van der Waals surface area contributed by atoms with E-state index in [1.54, 1.807) is 23.9 Å². The van der Waals surface area contributed by atoms with Crippen molar-refractivity contribution in [2.24, 2.45) is 5.73 Å². The van der Waals surface area contributed by atoms with E-state index in [0.717, 1.165) is 0 Å². The molecule has 0 heterocycles. The first-order valence-electron chi connectivity index (χ1n) is 4.75. The van der Waals surface area contributed by atoms with Crippen molar-refractivity contribution in [2.75, 3.05) is 0 Å². The molecule has 0 bridgehead atoms. The van der Waals surface area contributed by atoms with Gasteiger partial charge in [0.1, 0.15) is 11.7 Å². The van der Waals surface area contributed by atoms with E-state index in [-0.39, 0.29) is 11.7 Å². The first kappa shape index (κ1) is 12.0. The molecule has 15 heavy (non-hydrogen) atoms. The van der Waals surface area contributed by atoms with Crippen LogP contribution in [0, 0.1) is 11.2 Å². The lowest BCUT2D eigenvalue weighted by Crippen LogP contribution is -2.11. The smallest absolute Gasteiger partial charge is 0.127 e. The van der Waals surface area contributed by atoms with Crippen LogP contribution in [-0.4, -0.2) is 11.1 Å². The minimum Gasteiger partial charge on any atom is -0.384 e. The quantitative estimate of drug-likeness (QED) is 0.612. The maximum absolute atomic E-state index is 13.5. The van der Waals surface area contributed by atoms with Gasteiger partial charge in [-0.2, -0.15) is 11.8 Å². The van der Waals surface area contributed by atoms with Crippen molar-refractivity contribution in [1.82, 2.24) is 0 Å². The Balaban J connectivity index is 2.79. The van der Waals surface area contributed by atoms with E-state index in [0.29, 0.717) is 22.1 Å². The van der Waals surface area contributed by atoms with E-state index in [1.165, 1.54) is 6.07 Å². The molecule has 0 radical (unpaired) electrons. The zero-order valence-corrected chi connectivity index (χ0v) is 9.70. The largest absolute Gasteiger partial charge is 0.384 e. The van der Waals surface area contributed by atoms with Crippen molar-refractivity contribution >= 4 is 17.6 Å². The minimum absolute atomic E-state index is 0.100. The Labute approximate surface area is 93.6 Å². The molecule has 0 fully saturated rings. The summed E-state index contributed by atoms with van der Waals surface area (Å²) in [5.74, 6) is 0.273. The Morgan fingerprint density at radius 3 is 2.67 bits per heavy atom. The van der Waals surface area contributed by atoms with Crippen LogP contribution in [0.3, 0.4) is 0 Å². The topological polar surface area (TPSA) is 49.9 Å². The molecule has 0 spiro atoms. The fraction of sp³-hybridized carbons (Fsp3) is 0.364. The summed E-state index contributed by atoms with van der Waals surface area (Å²) in [6.07, 6.45) is 0. The third-order valence-corrected chi connectivity index (χ3v) is 3.08. The van der Waals surface area contributed by atoms with E-state index >= 15 is 0 Å². The SMILES string of the molecule is CC(C)SCc1ccc(C(=N)N)cc1F. The molecule has 1 rings (SSSR count). The number of nitrogens with one attached hydrogen (secondary N) is 1. The van der Waals surface area contributed by atoms with E-state index in [1.807, 2.05) is 0 Å². The van der Waals surface area contributed by atoms with E-state index < -0.39 is 0 Å². The number of nitrogens with two attached hydrogens (primary N) is 1. The lowest BCUT2D eigenvalue weighted by atomic mass is 10.1. The Kier molecular flexibility index (Phi) is 4.15. The van der Waals surface area contributed by atoms with Gasteiger partial charge < -0.3 is 5.73 Å². The molecule has 0 amide bonds. The number of benzene rings is 1.